The van der Waals surface area contributed by atoms with Gasteiger partial charge in [0.15, 0.2) is 0 Å². The molecule has 100 valence electrons. The highest BCUT2D eigenvalue weighted by atomic mass is 16.5. The minimum Gasteiger partial charge on any atom is -0.383 e. The lowest BCUT2D eigenvalue weighted by Gasteiger charge is -2.38. The van der Waals surface area contributed by atoms with Crippen LogP contribution in [0.25, 0.3) is 0 Å². The molecule has 0 aromatic carbocycles. The van der Waals surface area contributed by atoms with Crippen molar-refractivity contribution in [2.45, 2.75) is 57.5 Å². The SMILES string of the molecule is COCCN(C(=O)C1(N)CCCCC1)C(C)C. The number of ether oxygens (including phenoxy) is 1. The molecule has 4 nitrogen and oxygen atoms in total. The van der Waals surface area contributed by atoms with Crippen LogP contribution in [0.1, 0.15) is 46.0 Å². The Hall–Kier alpha value is -0.610. The van der Waals surface area contributed by atoms with Gasteiger partial charge in [0.2, 0.25) is 5.91 Å². The van der Waals surface area contributed by atoms with E-state index in [9.17, 15) is 4.79 Å². The summed E-state index contributed by atoms with van der Waals surface area (Å²) in [6.45, 7) is 5.26. The van der Waals surface area contributed by atoms with Gasteiger partial charge in [-0.15, -0.1) is 0 Å². The number of amides is 1. The number of rotatable bonds is 5. The van der Waals surface area contributed by atoms with Crippen LogP contribution in [0.5, 0.6) is 0 Å². The van der Waals surface area contributed by atoms with E-state index in [1.807, 2.05) is 18.7 Å². The molecule has 0 atom stereocenters. The van der Waals surface area contributed by atoms with Crippen LogP contribution < -0.4 is 5.73 Å². The Morgan fingerprint density at radius 3 is 2.41 bits per heavy atom. The molecule has 2 N–H and O–H groups in total. The van der Waals surface area contributed by atoms with E-state index in [0.717, 1.165) is 25.7 Å². The van der Waals surface area contributed by atoms with E-state index in [0.29, 0.717) is 13.2 Å². The predicted molar refractivity (Wildman–Crippen MR) is 68.7 cm³/mol. The minimum absolute atomic E-state index is 0.101. The molecule has 0 spiro atoms. The summed E-state index contributed by atoms with van der Waals surface area (Å²) in [7, 11) is 1.65. The van der Waals surface area contributed by atoms with E-state index >= 15 is 0 Å². The van der Waals surface area contributed by atoms with Crippen LogP contribution in [0.3, 0.4) is 0 Å². The zero-order valence-corrected chi connectivity index (χ0v) is 11.4. The van der Waals surface area contributed by atoms with Crippen LogP contribution in [0.15, 0.2) is 0 Å². The summed E-state index contributed by atoms with van der Waals surface area (Å²) in [4.78, 5) is 14.4. The second-order valence-electron chi connectivity index (χ2n) is 5.30. The number of carbonyl (C=O) groups is 1. The predicted octanol–water partition coefficient (Wildman–Crippen LogP) is 1.53. The van der Waals surface area contributed by atoms with Crippen molar-refractivity contribution in [1.29, 1.82) is 0 Å². The van der Waals surface area contributed by atoms with E-state index < -0.39 is 5.54 Å². The highest BCUT2D eigenvalue weighted by molar-refractivity contribution is 5.86. The summed E-state index contributed by atoms with van der Waals surface area (Å²) in [5.41, 5.74) is 5.65. The van der Waals surface area contributed by atoms with Gasteiger partial charge in [0.25, 0.3) is 0 Å². The van der Waals surface area contributed by atoms with Gasteiger partial charge in [0.05, 0.1) is 12.1 Å². The standard InChI is InChI=1S/C13H26N2O2/c1-11(2)15(9-10-17-3)12(16)13(14)7-5-4-6-8-13/h11H,4-10,14H2,1-3H3. The number of nitrogens with zero attached hydrogens (tertiary/aromatic N) is 1. The topological polar surface area (TPSA) is 55.6 Å². The number of carbonyl (C=O) groups excluding carboxylic acids is 1. The molecule has 0 aromatic rings. The summed E-state index contributed by atoms with van der Waals surface area (Å²) in [6.07, 6.45) is 4.98. The average Bonchev–Trinajstić information content (AvgIpc) is 2.30. The third kappa shape index (κ3) is 3.68. The van der Waals surface area contributed by atoms with Crippen LogP contribution >= 0.6 is 0 Å². The van der Waals surface area contributed by atoms with E-state index in [4.69, 9.17) is 10.5 Å². The highest BCUT2D eigenvalue weighted by Crippen LogP contribution is 2.28. The van der Waals surface area contributed by atoms with Crippen LogP contribution in [0, 0.1) is 0 Å². The van der Waals surface area contributed by atoms with Gasteiger partial charge in [0, 0.05) is 19.7 Å². The third-order valence-electron chi connectivity index (χ3n) is 3.59. The monoisotopic (exact) mass is 242 g/mol. The lowest BCUT2D eigenvalue weighted by molar-refractivity contribution is -0.140. The van der Waals surface area contributed by atoms with Crippen molar-refractivity contribution in [1.82, 2.24) is 4.90 Å². The zero-order chi connectivity index (χ0) is 12.9. The van der Waals surface area contributed by atoms with Gasteiger partial charge in [-0.3, -0.25) is 4.79 Å². The number of hydrogen-bond donors (Lipinski definition) is 1. The quantitative estimate of drug-likeness (QED) is 0.795. The summed E-state index contributed by atoms with van der Waals surface area (Å²) in [5, 5.41) is 0. The Morgan fingerprint density at radius 2 is 1.94 bits per heavy atom. The largest absolute Gasteiger partial charge is 0.383 e. The first-order valence-electron chi connectivity index (χ1n) is 6.60. The van der Waals surface area contributed by atoms with Crippen LogP contribution in [0.2, 0.25) is 0 Å². The first-order valence-corrected chi connectivity index (χ1v) is 6.60. The molecule has 17 heavy (non-hydrogen) atoms. The molecule has 1 rings (SSSR count). The summed E-state index contributed by atoms with van der Waals surface area (Å²) < 4.78 is 5.06. The first-order chi connectivity index (χ1) is 8.01. The van der Waals surface area contributed by atoms with Gasteiger partial charge in [-0.2, -0.15) is 0 Å². The van der Waals surface area contributed by atoms with E-state index in [-0.39, 0.29) is 11.9 Å². The van der Waals surface area contributed by atoms with Crippen molar-refractivity contribution in [3.05, 3.63) is 0 Å². The second-order valence-corrected chi connectivity index (χ2v) is 5.30. The van der Waals surface area contributed by atoms with Gasteiger partial charge in [-0.1, -0.05) is 19.3 Å². The van der Waals surface area contributed by atoms with Gasteiger partial charge < -0.3 is 15.4 Å². The van der Waals surface area contributed by atoms with E-state index in [1.54, 1.807) is 7.11 Å². The molecule has 1 fully saturated rings. The van der Waals surface area contributed by atoms with Crippen LogP contribution in [-0.4, -0.2) is 42.6 Å². The molecule has 1 amide bonds. The van der Waals surface area contributed by atoms with Crippen LogP contribution in [0.4, 0.5) is 0 Å². The van der Waals surface area contributed by atoms with E-state index in [2.05, 4.69) is 0 Å². The Morgan fingerprint density at radius 1 is 1.35 bits per heavy atom. The molecule has 0 heterocycles. The lowest BCUT2D eigenvalue weighted by atomic mass is 9.81. The molecule has 0 saturated heterocycles. The maximum absolute atomic E-state index is 12.5. The molecule has 0 radical (unpaired) electrons. The van der Waals surface area contributed by atoms with Gasteiger partial charge in [-0.05, 0) is 26.7 Å². The van der Waals surface area contributed by atoms with Crippen molar-refractivity contribution in [2.75, 3.05) is 20.3 Å². The van der Waals surface area contributed by atoms with Gasteiger partial charge in [0.1, 0.15) is 0 Å². The fourth-order valence-electron chi connectivity index (χ4n) is 2.47. The molecule has 0 unspecified atom stereocenters. The van der Waals surface area contributed by atoms with Crippen molar-refractivity contribution < 1.29 is 9.53 Å². The van der Waals surface area contributed by atoms with Gasteiger partial charge in [-0.25, -0.2) is 0 Å². The molecule has 1 aliphatic carbocycles. The van der Waals surface area contributed by atoms with Crippen molar-refractivity contribution in [3.8, 4) is 0 Å². The lowest BCUT2D eigenvalue weighted by Crippen LogP contribution is -2.58. The van der Waals surface area contributed by atoms with Crippen molar-refractivity contribution in [2.24, 2.45) is 5.73 Å². The maximum atomic E-state index is 12.5. The summed E-state index contributed by atoms with van der Waals surface area (Å²) in [6, 6.07) is 0.181. The average molecular weight is 242 g/mol. The fraction of sp³-hybridized carbons (Fsp3) is 0.923. The molecule has 1 aliphatic rings. The van der Waals surface area contributed by atoms with Crippen molar-refractivity contribution in [3.63, 3.8) is 0 Å². The smallest absolute Gasteiger partial charge is 0.242 e. The third-order valence-corrected chi connectivity index (χ3v) is 3.59. The Kier molecular flexibility index (Phi) is 5.40. The second kappa shape index (κ2) is 6.36. The molecule has 0 aliphatic heterocycles. The van der Waals surface area contributed by atoms with Crippen molar-refractivity contribution >= 4 is 5.91 Å². The normalized spacial score (nSPS) is 19.4. The first kappa shape index (κ1) is 14.5. The molecule has 0 bridgehead atoms. The Balaban J connectivity index is 2.68. The molecular weight excluding hydrogens is 216 g/mol. The zero-order valence-electron chi connectivity index (χ0n) is 11.4. The van der Waals surface area contributed by atoms with Gasteiger partial charge >= 0.3 is 0 Å². The number of nitrogens with two attached hydrogens (primary N) is 1. The highest BCUT2D eigenvalue weighted by Gasteiger charge is 2.38. The number of methoxy groups -OCH3 is 1. The van der Waals surface area contributed by atoms with E-state index in [1.165, 1.54) is 6.42 Å². The Bertz CT molecular complexity index is 248. The number of hydrogen-bond acceptors (Lipinski definition) is 3. The molecular formula is C13H26N2O2. The minimum atomic E-state index is -0.629. The summed E-state index contributed by atoms with van der Waals surface area (Å²) >= 11 is 0. The molecule has 0 aromatic heterocycles. The molecule has 1 saturated carbocycles. The summed E-state index contributed by atoms with van der Waals surface area (Å²) in [5.74, 6) is 0.101. The Labute approximate surface area is 104 Å². The molecule has 4 heteroatoms. The maximum Gasteiger partial charge on any atom is 0.242 e. The van der Waals surface area contributed by atoms with Crippen LogP contribution in [-0.2, 0) is 9.53 Å². The fourth-order valence-corrected chi connectivity index (χ4v) is 2.47.